The maximum absolute atomic E-state index is 13.4. The standard InChI is InChI=1S/C26H35N5O5/c1-6-7-24(32)29-19-8-9-22-20(12-19)25(33)30(4)15-23(35-5)17(2)14-31(18(3)16-36-22)26(34)21-13-27-10-11-28-21/h8-13,17-18,23H,6-7,14-16H2,1-5H3,(H,29,32)/t17-,18-,23+/m1/s1. The van der Waals surface area contributed by atoms with Crippen LogP contribution in [0.15, 0.2) is 36.8 Å². The molecule has 0 aliphatic carbocycles. The molecular formula is C26H35N5O5. The van der Waals surface area contributed by atoms with Gasteiger partial charge in [0.25, 0.3) is 11.8 Å². The molecule has 3 atom stereocenters. The molecule has 1 aromatic carbocycles. The predicted octanol–water partition coefficient (Wildman–Crippen LogP) is 2.86. The van der Waals surface area contributed by atoms with E-state index in [0.29, 0.717) is 36.5 Å². The first-order valence-corrected chi connectivity index (χ1v) is 12.2. The van der Waals surface area contributed by atoms with Crippen LogP contribution >= 0.6 is 0 Å². The molecule has 0 saturated heterocycles. The third kappa shape index (κ3) is 6.57. The van der Waals surface area contributed by atoms with Crippen LogP contribution in [0.1, 0.15) is 54.5 Å². The molecule has 2 aromatic rings. The van der Waals surface area contributed by atoms with E-state index in [-0.39, 0.29) is 48.1 Å². The summed E-state index contributed by atoms with van der Waals surface area (Å²) in [6.45, 7) is 6.65. The average Bonchev–Trinajstić information content (AvgIpc) is 2.88. The lowest BCUT2D eigenvalue weighted by Crippen LogP contribution is -2.48. The molecule has 0 saturated carbocycles. The van der Waals surface area contributed by atoms with E-state index in [1.54, 1.807) is 42.2 Å². The summed E-state index contributed by atoms with van der Waals surface area (Å²) in [7, 11) is 3.30. The van der Waals surface area contributed by atoms with Crippen LogP contribution in [-0.4, -0.2) is 83.5 Å². The van der Waals surface area contributed by atoms with Gasteiger partial charge in [0, 0.05) is 57.7 Å². The Morgan fingerprint density at radius 2 is 2.00 bits per heavy atom. The number of anilines is 1. The summed E-state index contributed by atoms with van der Waals surface area (Å²) in [5, 5.41) is 2.83. The van der Waals surface area contributed by atoms with Gasteiger partial charge in [0.15, 0.2) is 0 Å². The van der Waals surface area contributed by atoms with Crippen LogP contribution in [0, 0.1) is 5.92 Å². The highest BCUT2D eigenvalue weighted by molar-refractivity contribution is 5.99. The highest BCUT2D eigenvalue weighted by atomic mass is 16.5. The molecule has 0 spiro atoms. The van der Waals surface area contributed by atoms with E-state index in [1.165, 1.54) is 18.6 Å². The van der Waals surface area contributed by atoms with Gasteiger partial charge in [-0.2, -0.15) is 0 Å². The summed E-state index contributed by atoms with van der Waals surface area (Å²) in [5.74, 6) is -0.330. The van der Waals surface area contributed by atoms with E-state index in [4.69, 9.17) is 9.47 Å². The highest BCUT2D eigenvalue weighted by Crippen LogP contribution is 2.27. The van der Waals surface area contributed by atoms with Gasteiger partial charge < -0.3 is 24.6 Å². The molecule has 3 rings (SSSR count). The van der Waals surface area contributed by atoms with Crippen LogP contribution < -0.4 is 10.1 Å². The van der Waals surface area contributed by atoms with Crippen molar-refractivity contribution in [3.05, 3.63) is 48.0 Å². The minimum atomic E-state index is -0.330. The van der Waals surface area contributed by atoms with Crippen molar-refractivity contribution in [1.29, 1.82) is 0 Å². The lowest BCUT2D eigenvalue weighted by Gasteiger charge is -2.35. The smallest absolute Gasteiger partial charge is 0.274 e. The number of amides is 3. The van der Waals surface area contributed by atoms with Gasteiger partial charge in [-0.3, -0.25) is 19.4 Å². The van der Waals surface area contributed by atoms with Gasteiger partial charge in [0.05, 0.1) is 23.9 Å². The Kier molecular flexibility index (Phi) is 9.35. The van der Waals surface area contributed by atoms with Gasteiger partial charge in [-0.25, -0.2) is 4.98 Å². The van der Waals surface area contributed by atoms with E-state index in [1.807, 2.05) is 20.8 Å². The number of likely N-dealkylation sites (N-methyl/N-ethyl adjacent to an activating group) is 1. The summed E-state index contributed by atoms with van der Waals surface area (Å²) in [6, 6.07) is 4.68. The van der Waals surface area contributed by atoms with Crippen molar-refractivity contribution in [3.63, 3.8) is 0 Å². The molecule has 1 aliphatic rings. The fraction of sp³-hybridized carbons (Fsp3) is 0.500. The second-order valence-corrected chi connectivity index (χ2v) is 9.15. The number of carbonyl (C=O) groups excluding carboxylic acids is 3. The zero-order valence-corrected chi connectivity index (χ0v) is 21.6. The van der Waals surface area contributed by atoms with E-state index >= 15 is 0 Å². The summed E-state index contributed by atoms with van der Waals surface area (Å²) in [4.78, 5) is 50.4. The molecule has 0 bridgehead atoms. The van der Waals surface area contributed by atoms with Gasteiger partial charge in [-0.15, -0.1) is 0 Å². The van der Waals surface area contributed by atoms with Crippen LogP contribution in [0.5, 0.6) is 5.75 Å². The topological polar surface area (TPSA) is 114 Å². The van der Waals surface area contributed by atoms with E-state index in [0.717, 1.165) is 6.42 Å². The normalized spacial score (nSPS) is 21.0. The van der Waals surface area contributed by atoms with Crippen molar-refractivity contribution in [2.24, 2.45) is 5.92 Å². The Labute approximate surface area is 212 Å². The van der Waals surface area contributed by atoms with Gasteiger partial charge in [-0.1, -0.05) is 13.8 Å². The lowest BCUT2D eigenvalue weighted by atomic mass is 10.0. The lowest BCUT2D eigenvalue weighted by molar-refractivity contribution is -0.116. The SMILES string of the molecule is CCCC(=O)Nc1ccc2c(c1)C(=O)N(C)C[C@H](OC)[C@H](C)CN(C(=O)c1cnccn1)[C@H](C)CO2. The molecular weight excluding hydrogens is 462 g/mol. The summed E-state index contributed by atoms with van der Waals surface area (Å²) < 4.78 is 11.8. The number of nitrogens with zero attached hydrogens (tertiary/aromatic N) is 4. The number of hydrogen-bond acceptors (Lipinski definition) is 7. The third-order valence-corrected chi connectivity index (χ3v) is 6.25. The molecule has 10 nitrogen and oxygen atoms in total. The number of aromatic nitrogens is 2. The van der Waals surface area contributed by atoms with Crippen molar-refractivity contribution < 1.29 is 23.9 Å². The van der Waals surface area contributed by atoms with Crippen molar-refractivity contribution in [3.8, 4) is 5.75 Å². The quantitative estimate of drug-likeness (QED) is 0.676. The number of benzene rings is 1. The molecule has 1 aromatic heterocycles. The van der Waals surface area contributed by atoms with Crippen molar-refractivity contribution in [2.75, 3.05) is 39.2 Å². The van der Waals surface area contributed by atoms with Crippen molar-refractivity contribution in [1.82, 2.24) is 19.8 Å². The highest BCUT2D eigenvalue weighted by Gasteiger charge is 2.31. The molecule has 1 aliphatic heterocycles. The molecule has 0 radical (unpaired) electrons. The minimum Gasteiger partial charge on any atom is -0.491 e. The maximum Gasteiger partial charge on any atom is 0.274 e. The fourth-order valence-electron chi connectivity index (χ4n) is 4.14. The van der Waals surface area contributed by atoms with Crippen LogP contribution in [0.4, 0.5) is 5.69 Å². The Morgan fingerprint density at radius 1 is 1.22 bits per heavy atom. The third-order valence-electron chi connectivity index (χ3n) is 6.25. The van der Waals surface area contributed by atoms with Gasteiger partial charge in [0.2, 0.25) is 5.91 Å². The van der Waals surface area contributed by atoms with Crippen LogP contribution in [0.25, 0.3) is 0 Å². The predicted molar refractivity (Wildman–Crippen MR) is 135 cm³/mol. The molecule has 3 amide bonds. The monoisotopic (exact) mass is 497 g/mol. The summed E-state index contributed by atoms with van der Waals surface area (Å²) in [5.41, 5.74) is 1.10. The Bertz CT molecular complexity index is 1060. The molecule has 2 heterocycles. The van der Waals surface area contributed by atoms with E-state index in [9.17, 15) is 14.4 Å². The molecule has 1 N–H and O–H groups in total. The number of hydrogen-bond donors (Lipinski definition) is 1. The van der Waals surface area contributed by atoms with Crippen molar-refractivity contribution >= 4 is 23.4 Å². The number of methoxy groups -OCH3 is 1. The first-order chi connectivity index (χ1) is 17.2. The first kappa shape index (κ1) is 27.1. The number of ether oxygens (including phenoxy) is 2. The maximum atomic E-state index is 13.4. The fourth-order valence-corrected chi connectivity index (χ4v) is 4.14. The molecule has 36 heavy (non-hydrogen) atoms. The second-order valence-electron chi connectivity index (χ2n) is 9.15. The van der Waals surface area contributed by atoms with Crippen LogP contribution in [-0.2, 0) is 9.53 Å². The molecule has 0 fully saturated rings. The number of carbonyl (C=O) groups is 3. The van der Waals surface area contributed by atoms with Crippen LogP contribution in [0.2, 0.25) is 0 Å². The van der Waals surface area contributed by atoms with Gasteiger partial charge in [-0.05, 0) is 31.5 Å². The Morgan fingerprint density at radius 3 is 2.67 bits per heavy atom. The number of nitrogens with one attached hydrogen (secondary N) is 1. The van der Waals surface area contributed by atoms with Gasteiger partial charge >= 0.3 is 0 Å². The Balaban J connectivity index is 1.96. The molecule has 0 unspecified atom stereocenters. The minimum absolute atomic E-state index is 0.0908. The number of rotatable bonds is 5. The largest absolute Gasteiger partial charge is 0.491 e. The Hall–Kier alpha value is -3.53. The molecule has 194 valence electrons. The summed E-state index contributed by atoms with van der Waals surface area (Å²) in [6.07, 6.45) is 5.24. The second kappa shape index (κ2) is 12.4. The van der Waals surface area contributed by atoms with E-state index in [2.05, 4.69) is 15.3 Å². The van der Waals surface area contributed by atoms with Crippen molar-refractivity contribution in [2.45, 2.75) is 45.8 Å². The number of fused-ring (bicyclic) bond motifs is 1. The first-order valence-electron chi connectivity index (χ1n) is 12.2. The zero-order valence-electron chi connectivity index (χ0n) is 21.6. The average molecular weight is 498 g/mol. The summed E-state index contributed by atoms with van der Waals surface area (Å²) >= 11 is 0. The molecule has 10 heteroatoms. The van der Waals surface area contributed by atoms with E-state index < -0.39 is 0 Å². The van der Waals surface area contributed by atoms with Crippen LogP contribution in [0.3, 0.4) is 0 Å². The van der Waals surface area contributed by atoms with Gasteiger partial charge in [0.1, 0.15) is 18.1 Å². The zero-order chi connectivity index (χ0) is 26.2.